The fraction of sp³-hybridized carbons (Fsp3) is 0.562. The Morgan fingerprint density at radius 2 is 1.95 bits per heavy atom. The average molecular weight is 297 g/mol. The summed E-state index contributed by atoms with van der Waals surface area (Å²) in [6.07, 6.45) is 4.76. The van der Waals surface area contributed by atoms with Crippen LogP contribution in [0.15, 0.2) is 18.2 Å². The van der Waals surface area contributed by atoms with Crippen LogP contribution in [0.5, 0.6) is 0 Å². The number of carboxylic acid groups (broad SMARTS) is 1. The summed E-state index contributed by atoms with van der Waals surface area (Å²) in [4.78, 5) is 13.1. The molecule has 116 valence electrons. The van der Waals surface area contributed by atoms with Crippen LogP contribution in [0.3, 0.4) is 0 Å². The SMILES string of the molecule is CN(Cc1ccc(F)cc1F)C1(CC(=O)O)CCCCC1. The van der Waals surface area contributed by atoms with E-state index < -0.39 is 23.1 Å². The molecular weight excluding hydrogens is 276 g/mol. The Hall–Kier alpha value is -1.49. The van der Waals surface area contributed by atoms with Crippen molar-refractivity contribution in [3.63, 3.8) is 0 Å². The van der Waals surface area contributed by atoms with Crippen molar-refractivity contribution < 1.29 is 18.7 Å². The van der Waals surface area contributed by atoms with Crippen LogP contribution in [0.1, 0.15) is 44.1 Å². The third-order valence-electron chi connectivity index (χ3n) is 4.50. The van der Waals surface area contributed by atoms with Gasteiger partial charge in [-0.2, -0.15) is 0 Å². The molecule has 2 rings (SSSR count). The number of rotatable bonds is 5. The molecule has 0 radical (unpaired) electrons. The topological polar surface area (TPSA) is 40.5 Å². The predicted molar refractivity (Wildman–Crippen MR) is 75.9 cm³/mol. The van der Waals surface area contributed by atoms with E-state index in [0.717, 1.165) is 38.2 Å². The van der Waals surface area contributed by atoms with Crippen molar-refractivity contribution in [3.05, 3.63) is 35.4 Å². The molecule has 0 spiro atoms. The number of hydrogen-bond donors (Lipinski definition) is 1. The summed E-state index contributed by atoms with van der Waals surface area (Å²) in [5.41, 5.74) is -0.0282. The average Bonchev–Trinajstić information content (AvgIpc) is 2.42. The Balaban J connectivity index is 2.17. The second-order valence-corrected chi connectivity index (χ2v) is 5.95. The Labute approximate surface area is 123 Å². The molecule has 1 aliphatic carbocycles. The van der Waals surface area contributed by atoms with Gasteiger partial charge in [-0.15, -0.1) is 0 Å². The van der Waals surface area contributed by atoms with Crippen LogP contribution in [0.25, 0.3) is 0 Å². The van der Waals surface area contributed by atoms with E-state index in [2.05, 4.69) is 0 Å². The predicted octanol–water partition coefficient (Wildman–Crippen LogP) is 3.57. The van der Waals surface area contributed by atoms with Crippen molar-refractivity contribution >= 4 is 5.97 Å². The molecule has 0 amide bonds. The number of halogens is 2. The van der Waals surface area contributed by atoms with Crippen molar-refractivity contribution in [2.45, 2.75) is 50.6 Å². The molecule has 1 aromatic rings. The summed E-state index contributed by atoms with van der Waals surface area (Å²) >= 11 is 0. The quantitative estimate of drug-likeness (QED) is 0.903. The first kappa shape index (κ1) is 15.9. The normalized spacial score (nSPS) is 17.9. The molecular formula is C16H21F2NO2. The minimum atomic E-state index is -0.830. The summed E-state index contributed by atoms with van der Waals surface area (Å²) in [7, 11) is 1.83. The molecule has 21 heavy (non-hydrogen) atoms. The van der Waals surface area contributed by atoms with Crippen LogP contribution in [-0.2, 0) is 11.3 Å². The molecule has 0 aliphatic heterocycles. The largest absolute Gasteiger partial charge is 0.481 e. The molecule has 0 bridgehead atoms. The highest BCUT2D eigenvalue weighted by Gasteiger charge is 2.38. The Bertz CT molecular complexity index is 513. The smallest absolute Gasteiger partial charge is 0.305 e. The van der Waals surface area contributed by atoms with Gasteiger partial charge in [0.2, 0.25) is 0 Å². The first-order chi connectivity index (χ1) is 9.93. The zero-order chi connectivity index (χ0) is 15.5. The third kappa shape index (κ3) is 3.79. The minimum absolute atomic E-state index is 0.0618. The van der Waals surface area contributed by atoms with Gasteiger partial charge in [0, 0.05) is 23.7 Å². The van der Waals surface area contributed by atoms with E-state index in [1.54, 1.807) is 0 Å². The molecule has 0 heterocycles. The van der Waals surface area contributed by atoms with Crippen molar-refractivity contribution in [1.29, 1.82) is 0 Å². The minimum Gasteiger partial charge on any atom is -0.481 e. The van der Waals surface area contributed by atoms with Gasteiger partial charge in [0.1, 0.15) is 11.6 Å². The van der Waals surface area contributed by atoms with Gasteiger partial charge in [-0.25, -0.2) is 8.78 Å². The van der Waals surface area contributed by atoms with Crippen molar-refractivity contribution in [1.82, 2.24) is 4.90 Å². The molecule has 1 aliphatic rings. The molecule has 0 saturated heterocycles. The lowest BCUT2D eigenvalue weighted by Gasteiger charge is -2.44. The van der Waals surface area contributed by atoms with Gasteiger partial charge in [-0.05, 0) is 26.0 Å². The molecule has 1 aromatic carbocycles. The second-order valence-electron chi connectivity index (χ2n) is 5.95. The number of benzene rings is 1. The van der Waals surface area contributed by atoms with Crippen molar-refractivity contribution in [2.24, 2.45) is 0 Å². The summed E-state index contributed by atoms with van der Waals surface area (Å²) in [6, 6.07) is 3.53. The molecule has 1 fully saturated rings. The lowest BCUT2D eigenvalue weighted by Crippen LogP contribution is -2.49. The first-order valence-corrected chi connectivity index (χ1v) is 7.30. The van der Waals surface area contributed by atoms with Crippen LogP contribution in [0.2, 0.25) is 0 Å². The maximum atomic E-state index is 13.8. The Morgan fingerprint density at radius 1 is 1.29 bits per heavy atom. The monoisotopic (exact) mass is 297 g/mol. The van der Waals surface area contributed by atoms with Crippen LogP contribution in [-0.4, -0.2) is 28.6 Å². The van der Waals surface area contributed by atoms with Gasteiger partial charge in [-0.1, -0.05) is 25.3 Å². The molecule has 1 N–H and O–H groups in total. The number of carbonyl (C=O) groups is 1. The number of carboxylic acids is 1. The highest BCUT2D eigenvalue weighted by atomic mass is 19.1. The van der Waals surface area contributed by atoms with E-state index in [1.165, 1.54) is 12.1 Å². The van der Waals surface area contributed by atoms with Crippen molar-refractivity contribution in [2.75, 3.05) is 7.05 Å². The van der Waals surface area contributed by atoms with Crippen LogP contribution in [0.4, 0.5) is 8.78 Å². The van der Waals surface area contributed by atoms with E-state index in [1.807, 2.05) is 11.9 Å². The molecule has 0 unspecified atom stereocenters. The van der Waals surface area contributed by atoms with Gasteiger partial charge in [0.25, 0.3) is 0 Å². The summed E-state index contributed by atoms with van der Waals surface area (Å²) in [5.74, 6) is -2.01. The van der Waals surface area contributed by atoms with Gasteiger partial charge in [0.15, 0.2) is 0 Å². The molecule has 5 heteroatoms. The van der Waals surface area contributed by atoms with E-state index in [0.29, 0.717) is 12.1 Å². The van der Waals surface area contributed by atoms with E-state index in [-0.39, 0.29) is 6.42 Å². The first-order valence-electron chi connectivity index (χ1n) is 7.30. The maximum Gasteiger partial charge on any atom is 0.305 e. The standard InChI is InChI=1S/C16H21F2NO2/c1-19(11-12-5-6-13(17)9-14(12)18)16(10-15(20)21)7-3-2-4-8-16/h5-6,9H,2-4,7-8,10-11H2,1H3,(H,20,21). The van der Waals surface area contributed by atoms with Crippen molar-refractivity contribution in [3.8, 4) is 0 Å². The van der Waals surface area contributed by atoms with Crippen LogP contribution < -0.4 is 0 Å². The molecule has 3 nitrogen and oxygen atoms in total. The van der Waals surface area contributed by atoms with Crippen LogP contribution >= 0.6 is 0 Å². The zero-order valence-corrected chi connectivity index (χ0v) is 12.2. The van der Waals surface area contributed by atoms with Gasteiger partial charge < -0.3 is 5.11 Å². The second kappa shape index (κ2) is 6.52. The fourth-order valence-corrected chi connectivity index (χ4v) is 3.26. The van der Waals surface area contributed by atoms with Gasteiger partial charge in [-0.3, -0.25) is 9.69 Å². The van der Waals surface area contributed by atoms with Crippen LogP contribution in [0, 0.1) is 11.6 Å². The number of aliphatic carboxylic acids is 1. The van der Waals surface area contributed by atoms with Gasteiger partial charge >= 0.3 is 5.97 Å². The number of nitrogens with zero attached hydrogens (tertiary/aromatic N) is 1. The van der Waals surface area contributed by atoms with E-state index >= 15 is 0 Å². The zero-order valence-electron chi connectivity index (χ0n) is 12.2. The molecule has 1 saturated carbocycles. The third-order valence-corrected chi connectivity index (χ3v) is 4.50. The summed E-state index contributed by atoms with van der Waals surface area (Å²) in [6.45, 7) is 0.291. The number of hydrogen-bond acceptors (Lipinski definition) is 2. The molecule has 0 atom stereocenters. The Morgan fingerprint density at radius 3 is 2.52 bits per heavy atom. The highest BCUT2D eigenvalue weighted by Crippen LogP contribution is 2.36. The summed E-state index contributed by atoms with van der Waals surface area (Å²) < 4.78 is 26.7. The fourth-order valence-electron chi connectivity index (χ4n) is 3.26. The van der Waals surface area contributed by atoms with E-state index in [4.69, 9.17) is 0 Å². The lowest BCUT2D eigenvalue weighted by atomic mass is 9.78. The maximum absolute atomic E-state index is 13.8. The lowest BCUT2D eigenvalue weighted by molar-refractivity contribution is -0.141. The molecule has 0 aromatic heterocycles. The Kier molecular flexibility index (Phi) is 4.93. The van der Waals surface area contributed by atoms with E-state index in [9.17, 15) is 18.7 Å². The summed E-state index contributed by atoms with van der Waals surface area (Å²) in [5, 5.41) is 9.19. The van der Waals surface area contributed by atoms with Gasteiger partial charge in [0.05, 0.1) is 6.42 Å². The highest BCUT2D eigenvalue weighted by molar-refractivity contribution is 5.68.